The Morgan fingerprint density at radius 3 is 2.33 bits per heavy atom. The van der Waals surface area contributed by atoms with Gasteiger partial charge in [-0.25, -0.2) is 4.79 Å². The van der Waals surface area contributed by atoms with Crippen molar-refractivity contribution in [2.45, 2.75) is 0 Å². The lowest BCUT2D eigenvalue weighted by molar-refractivity contribution is 0.0735. The molecule has 0 spiro atoms. The van der Waals surface area contributed by atoms with E-state index in [9.17, 15) is 4.79 Å². The van der Waals surface area contributed by atoms with Crippen LogP contribution in [0.2, 0.25) is 15.1 Å². The number of hydrogen-bond donors (Lipinski definition) is 0. The Bertz CT molecular complexity index is 597. The molecule has 92 valence electrons. The molecule has 0 N–H and O–H groups in total. The Kier molecular flexibility index (Phi) is 4.12. The van der Waals surface area contributed by atoms with Crippen molar-refractivity contribution in [2.24, 2.45) is 0 Å². The van der Waals surface area contributed by atoms with E-state index in [4.69, 9.17) is 39.5 Å². The second-order valence-electron chi connectivity index (χ2n) is 3.47. The van der Waals surface area contributed by atoms with E-state index in [-0.39, 0.29) is 10.8 Å². The predicted molar refractivity (Wildman–Crippen MR) is 72.9 cm³/mol. The van der Waals surface area contributed by atoms with Gasteiger partial charge in [-0.15, -0.1) is 0 Å². The minimum Gasteiger partial charge on any atom is -0.421 e. The van der Waals surface area contributed by atoms with Gasteiger partial charge in [0.25, 0.3) is 0 Å². The van der Waals surface area contributed by atoms with E-state index >= 15 is 0 Å². The molecular formula is C13H7Cl3O2. The topological polar surface area (TPSA) is 26.3 Å². The zero-order chi connectivity index (χ0) is 13.1. The minimum atomic E-state index is -0.526. The van der Waals surface area contributed by atoms with Crippen molar-refractivity contribution in [1.29, 1.82) is 0 Å². The van der Waals surface area contributed by atoms with Gasteiger partial charge in [0.15, 0.2) is 0 Å². The first-order valence-corrected chi connectivity index (χ1v) is 6.12. The molecule has 2 aromatic rings. The molecule has 0 amide bonds. The number of carbonyl (C=O) groups is 1. The fraction of sp³-hybridized carbons (Fsp3) is 0. The molecule has 0 radical (unpaired) electrons. The molecule has 0 fully saturated rings. The van der Waals surface area contributed by atoms with E-state index in [1.54, 1.807) is 24.3 Å². The molecule has 2 aromatic carbocycles. The average molecular weight is 302 g/mol. The van der Waals surface area contributed by atoms with Gasteiger partial charge in [-0.1, -0.05) is 40.9 Å². The smallest absolute Gasteiger partial charge is 0.343 e. The van der Waals surface area contributed by atoms with Crippen LogP contribution in [0.4, 0.5) is 0 Å². The van der Waals surface area contributed by atoms with Crippen molar-refractivity contribution in [1.82, 2.24) is 0 Å². The van der Waals surface area contributed by atoms with Crippen LogP contribution in [0.25, 0.3) is 0 Å². The zero-order valence-electron chi connectivity index (χ0n) is 8.99. The van der Waals surface area contributed by atoms with Crippen LogP contribution in [0.15, 0.2) is 42.5 Å². The highest BCUT2D eigenvalue weighted by molar-refractivity contribution is 6.35. The molecule has 0 aliphatic rings. The second-order valence-corrected chi connectivity index (χ2v) is 4.75. The standard InChI is InChI=1S/C13H7Cl3O2/c14-9-3-1-2-8(6-9)13(17)18-12-5-4-10(15)7-11(12)16/h1-7H. The first-order valence-electron chi connectivity index (χ1n) is 4.99. The van der Waals surface area contributed by atoms with Gasteiger partial charge in [-0.2, -0.15) is 0 Å². The Balaban J connectivity index is 2.21. The molecule has 0 bridgehead atoms. The first kappa shape index (κ1) is 13.2. The number of esters is 1. The number of hydrogen-bond acceptors (Lipinski definition) is 2. The van der Waals surface area contributed by atoms with E-state index in [1.165, 1.54) is 18.2 Å². The maximum Gasteiger partial charge on any atom is 0.343 e. The van der Waals surface area contributed by atoms with Crippen molar-refractivity contribution in [2.75, 3.05) is 0 Å². The maximum absolute atomic E-state index is 11.8. The number of benzene rings is 2. The summed E-state index contributed by atoms with van der Waals surface area (Å²) in [6, 6.07) is 11.1. The molecule has 0 aromatic heterocycles. The van der Waals surface area contributed by atoms with Crippen molar-refractivity contribution < 1.29 is 9.53 Å². The van der Waals surface area contributed by atoms with Crippen LogP contribution in [0, 0.1) is 0 Å². The highest BCUT2D eigenvalue weighted by atomic mass is 35.5. The summed E-state index contributed by atoms with van der Waals surface area (Å²) < 4.78 is 5.15. The van der Waals surface area contributed by atoms with Gasteiger partial charge in [-0.05, 0) is 36.4 Å². The lowest BCUT2D eigenvalue weighted by Gasteiger charge is -2.06. The number of halogens is 3. The van der Waals surface area contributed by atoms with E-state index in [1.807, 2.05) is 0 Å². The van der Waals surface area contributed by atoms with Crippen LogP contribution >= 0.6 is 34.8 Å². The SMILES string of the molecule is O=C(Oc1ccc(Cl)cc1Cl)c1cccc(Cl)c1. The first-order chi connectivity index (χ1) is 8.56. The number of carbonyl (C=O) groups excluding carboxylic acids is 1. The molecule has 18 heavy (non-hydrogen) atoms. The summed E-state index contributed by atoms with van der Waals surface area (Å²) in [4.78, 5) is 11.8. The van der Waals surface area contributed by atoms with Gasteiger partial charge in [0, 0.05) is 10.0 Å². The van der Waals surface area contributed by atoms with Gasteiger partial charge >= 0.3 is 5.97 Å². The van der Waals surface area contributed by atoms with E-state index in [0.717, 1.165) is 0 Å². The molecule has 0 saturated heterocycles. The lowest BCUT2D eigenvalue weighted by Crippen LogP contribution is -2.08. The Hall–Kier alpha value is -1.22. The van der Waals surface area contributed by atoms with E-state index in [0.29, 0.717) is 15.6 Å². The van der Waals surface area contributed by atoms with Crippen LogP contribution in [0.1, 0.15) is 10.4 Å². The average Bonchev–Trinajstić information content (AvgIpc) is 2.32. The lowest BCUT2D eigenvalue weighted by atomic mass is 10.2. The second kappa shape index (κ2) is 5.61. The molecule has 2 rings (SSSR count). The molecule has 0 saturated carbocycles. The highest BCUT2D eigenvalue weighted by Crippen LogP contribution is 2.28. The highest BCUT2D eigenvalue weighted by Gasteiger charge is 2.11. The summed E-state index contributed by atoms with van der Waals surface area (Å²) in [5.41, 5.74) is 0.355. The molecule has 2 nitrogen and oxygen atoms in total. The summed E-state index contributed by atoms with van der Waals surface area (Å²) in [6.45, 7) is 0. The van der Waals surface area contributed by atoms with Crippen LogP contribution in [-0.4, -0.2) is 5.97 Å². The number of ether oxygens (including phenoxy) is 1. The van der Waals surface area contributed by atoms with Crippen molar-refractivity contribution in [3.05, 3.63) is 63.1 Å². The maximum atomic E-state index is 11.8. The normalized spacial score (nSPS) is 10.2. The molecule has 0 atom stereocenters. The third-order valence-corrected chi connectivity index (χ3v) is 2.92. The molecule has 5 heteroatoms. The largest absolute Gasteiger partial charge is 0.421 e. The predicted octanol–water partition coefficient (Wildman–Crippen LogP) is 4.87. The molecule has 0 unspecified atom stereocenters. The van der Waals surface area contributed by atoms with Gasteiger partial charge < -0.3 is 4.74 Å². The fourth-order valence-corrected chi connectivity index (χ4v) is 1.97. The summed E-state index contributed by atoms with van der Waals surface area (Å²) in [5.74, 6) is -0.271. The molecular weight excluding hydrogens is 294 g/mol. The van der Waals surface area contributed by atoms with Crippen LogP contribution in [0.3, 0.4) is 0 Å². The Morgan fingerprint density at radius 1 is 0.944 bits per heavy atom. The van der Waals surface area contributed by atoms with Crippen LogP contribution in [0.5, 0.6) is 5.75 Å². The molecule has 0 aliphatic carbocycles. The molecule has 0 aliphatic heterocycles. The van der Waals surface area contributed by atoms with Crippen LogP contribution < -0.4 is 4.74 Å². The fourth-order valence-electron chi connectivity index (χ4n) is 1.33. The van der Waals surface area contributed by atoms with E-state index < -0.39 is 5.97 Å². The Morgan fingerprint density at radius 2 is 1.67 bits per heavy atom. The van der Waals surface area contributed by atoms with Gasteiger partial charge in [0.1, 0.15) is 5.75 Å². The Labute approximate surface area is 119 Å². The summed E-state index contributed by atoms with van der Waals surface area (Å²) in [6.07, 6.45) is 0. The quantitative estimate of drug-likeness (QED) is 0.584. The van der Waals surface area contributed by atoms with Crippen molar-refractivity contribution in [3.8, 4) is 5.75 Å². The van der Waals surface area contributed by atoms with Crippen molar-refractivity contribution in [3.63, 3.8) is 0 Å². The van der Waals surface area contributed by atoms with Crippen LogP contribution in [-0.2, 0) is 0 Å². The number of rotatable bonds is 2. The van der Waals surface area contributed by atoms with Crippen molar-refractivity contribution >= 4 is 40.8 Å². The summed E-state index contributed by atoms with van der Waals surface area (Å²) in [5, 5.41) is 1.21. The van der Waals surface area contributed by atoms with Gasteiger partial charge in [0.2, 0.25) is 0 Å². The minimum absolute atomic E-state index is 0.256. The third kappa shape index (κ3) is 3.16. The third-order valence-electron chi connectivity index (χ3n) is 2.16. The monoisotopic (exact) mass is 300 g/mol. The van der Waals surface area contributed by atoms with Gasteiger partial charge in [0.05, 0.1) is 10.6 Å². The zero-order valence-corrected chi connectivity index (χ0v) is 11.3. The summed E-state index contributed by atoms with van der Waals surface area (Å²) >= 11 is 17.4. The summed E-state index contributed by atoms with van der Waals surface area (Å²) in [7, 11) is 0. The van der Waals surface area contributed by atoms with E-state index in [2.05, 4.69) is 0 Å². The van der Waals surface area contributed by atoms with Gasteiger partial charge in [-0.3, -0.25) is 0 Å². The molecule has 0 heterocycles.